The Balaban J connectivity index is 1.91. The molecule has 0 spiro atoms. The summed E-state index contributed by atoms with van der Waals surface area (Å²) in [6.07, 6.45) is 5.55. The number of nitrogens with zero attached hydrogens (tertiary/aromatic N) is 3. The number of benzene rings is 1. The van der Waals surface area contributed by atoms with Gasteiger partial charge in [-0.25, -0.2) is 0 Å². The Morgan fingerprint density at radius 2 is 2.04 bits per heavy atom. The highest BCUT2D eigenvalue weighted by atomic mass is 32.1. The van der Waals surface area contributed by atoms with Crippen LogP contribution in [0.2, 0.25) is 0 Å². The first-order valence-electron chi connectivity index (χ1n) is 8.22. The highest BCUT2D eigenvalue weighted by Gasteiger charge is 2.20. The maximum Gasteiger partial charge on any atom is 0.128 e. The van der Waals surface area contributed by atoms with Gasteiger partial charge in [0.15, 0.2) is 0 Å². The molecule has 0 aliphatic carbocycles. The van der Waals surface area contributed by atoms with Crippen molar-refractivity contribution in [3.05, 3.63) is 36.0 Å². The monoisotopic (exact) mass is 329 g/mol. The summed E-state index contributed by atoms with van der Waals surface area (Å²) < 4.78 is 15.1. The van der Waals surface area contributed by atoms with E-state index in [0.717, 1.165) is 61.7 Å². The molecule has 0 radical (unpaired) electrons. The SMILES string of the molecule is CCCCOc1ccccc1-c1nsnc1C1=CCCN(C)C1. The number of unbranched alkanes of at least 4 members (excludes halogenated alkanes) is 1. The van der Waals surface area contributed by atoms with Crippen molar-refractivity contribution in [3.8, 4) is 17.0 Å². The van der Waals surface area contributed by atoms with E-state index in [9.17, 15) is 0 Å². The minimum absolute atomic E-state index is 0.742. The molecule has 0 saturated heterocycles. The van der Waals surface area contributed by atoms with Crippen molar-refractivity contribution in [1.29, 1.82) is 0 Å². The summed E-state index contributed by atoms with van der Waals surface area (Å²) in [5.41, 5.74) is 4.27. The number of hydrogen-bond donors (Lipinski definition) is 0. The molecule has 0 unspecified atom stereocenters. The average Bonchev–Trinajstić information content (AvgIpc) is 3.05. The van der Waals surface area contributed by atoms with Gasteiger partial charge in [0.25, 0.3) is 0 Å². The highest BCUT2D eigenvalue weighted by molar-refractivity contribution is 6.99. The largest absolute Gasteiger partial charge is 0.493 e. The molecular formula is C18H23N3OS. The Hall–Kier alpha value is -1.72. The van der Waals surface area contributed by atoms with Gasteiger partial charge < -0.3 is 9.64 Å². The summed E-state index contributed by atoms with van der Waals surface area (Å²) in [4.78, 5) is 2.32. The summed E-state index contributed by atoms with van der Waals surface area (Å²) >= 11 is 1.28. The van der Waals surface area contributed by atoms with E-state index in [1.54, 1.807) is 0 Å². The number of aromatic nitrogens is 2. The summed E-state index contributed by atoms with van der Waals surface area (Å²) in [5, 5.41) is 0. The summed E-state index contributed by atoms with van der Waals surface area (Å²) in [5.74, 6) is 0.902. The minimum Gasteiger partial charge on any atom is -0.493 e. The van der Waals surface area contributed by atoms with E-state index in [4.69, 9.17) is 4.74 Å². The van der Waals surface area contributed by atoms with Crippen LogP contribution in [0.15, 0.2) is 30.3 Å². The molecule has 2 heterocycles. The molecule has 3 rings (SSSR count). The Bertz CT molecular complexity index is 680. The van der Waals surface area contributed by atoms with Gasteiger partial charge in [-0.2, -0.15) is 8.75 Å². The molecule has 0 saturated carbocycles. The number of ether oxygens (including phenoxy) is 1. The fourth-order valence-corrected chi connectivity index (χ4v) is 3.35. The van der Waals surface area contributed by atoms with Gasteiger partial charge in [-0.1, -0.05) is 31.6 Å². The lowest BCUT2D eigenvalue weighted by atomic mass is 10.0. The molecule has 0 amide bonds. The van der Waals surface area contributed by atoms with Crippen LogP contribution in [0, 0.1) is 0 Å². The molecule has 1 aromatic carbocycles. The van der Waals surface area contributed by atoms with Gasteiger partial charge in [-0.05, 0) is 37.6 Å². The van der Waals surface area contributed by atoms with Crippen LogP contribution < -0.4 is 4.74 Å². The van der Waals surface area contributed by atoms with Crippen molar-refractivity contribution >= 4 is 17.3 Å². The number of para-hydroxylation sites is 1. The van der Waals surface area contributed by atoms with Crippen molar-refractivity contribution in [1.82, 2.24) is 13.6 Å². The third-order valence-electron chi connectivity index (χ3n) is 4.03. The Morgan fingerprint density at radius 1 is 1.22 bits per heavy atom. The van der Waals surface area contributed by atoms with Crippen LogP contribution in [-0.4, -0.2) is 40.4 Å². The van der Waals surface area contributed by atoms with E-state index < -0.39 is 0 Å². The average molecular weight is 329 g/mol. The van der Waals surface area contributed by atoms with Crippen LogP contribution in [0.25, 0.3) is 16.8 Å². The lowest BCUT2D eigenvalue weighted by Crippen LogP contribution is -2.25. The van der Waals surface area contributed by atoms with Crippen LogP contribution >= 0.6 is 11.7 Å². The van der Waals surface area contributed by atoms with Gasteiger partial charge in [0, 0.05) is 18.7 Å². The Morgan fingerprint density at radius 3 is 2.87 bits per heavy atom. The van der Waals surface area contributed by atoms with Crippen molar-refractivity contribution in [3.63, 3.8) is 0 Å². The molecule has 5 heteroatoms. The van der Waals surface area contributed by atoms with Crippen LogP contribution in [0.3, 0.4) is 0 Å². The van der Waals surface area contributed by atoms with Crippen LogP contribution in [0.5, 0.6) is 5.75 Å². The maximum absolute atomic E-state index is 5.97. The molecule has 0 fully saturated rings. The van der Waals surface area contributed by atoms with E-state index in [-0.39, 0.29) is 0 Å². The standard InChI is InChI=1S/C18H23N3OS/c1-3-4-12-22-16-10-6-5-9-15(16)18-17(19-23-20-18)14-8-7-11-21(2)13-14/h5-6,8-10H,3-4,7,11-13H2,1-2H3. The number of likely N-dealkylation sites (N-methyl/N-ethyl adjacent to an activating group) is 1. The van der Waals surface area contributed by atoms with E-state index in [1.807, 2.05) is 18.2 Å². The van der Waals surface area contributed by atoms with Crippen molar-refractivity contribution in [2.75, 3.05) is 26.7 Å². The smallest absolute Gasteiger partial charge is 0.128 e. The van der Waals surface area contributed by atoms with Gasteiger partial charge in [0.2, 0.25) is 0 Å². The van der Waals surface area contributed by atoms with Crippen molar-refractivity contribution < 1.29 is 4.74 Å². The molecule has 0 atom stereocenters. The highest BCUT2D eigenvalue weighted by Crippen LogP contribution is 2.35. The second kappa shape index (κ2) is 7.70. The number of rotatable bonds is 6. The molecule has 1 aliphatic heterocycles. The van der Waals surface area contributed by atoms with E-state index in [1.165, 1.54) is 17.3 Å². The van der Waals surface area contributed by atoms with Crippen LogP contribution in [0.4, 0.5) is 0 Å². The molecule has 0 bridgehead atoms. The Kier molecular flexibility index (Phi) is 5.41. The van der Waals surface area contributed by atoms with Gasteiger partial charge in [-0.15, -0.1) is 0 Å². The van der Waals surface area contributed by atoms with Gasteiger partial charge >= 0.3 is 0 Å². The Labute approximate surface area is 142 Å². The molecule has 122 valence electrons. The zero-order valence-corrected chi connectivity index (χ0v) is 14.6. The van der Waals surface area contributed by atoms with Gasteiger partial charge in [0.1, 0.15) is 17.1 Å². The van der Waals surface area contributed by atoms with Crippen LogP contribution in [-0.2, 0) is 0 Å². The molecule has 1 aromatic heterocycles. The van der Waals surface area contributed by atoms with Gasteiger partial charge in [-0.3, -0.25) is 0 Å². The lowest BCUT2D eigenvalue weighted by molar-refractivity contribution is 0.310. The predicted octanol–water partition coefficient (Wildman–Crippen LogP) is 4.10. The fraction of sp³-hybridized carbons (Fsp3) is 0.444. The topological polar surface area (TPSA) is 38.3 Å². The summed E-state index contributed by atoms with van der Waals surface area (Å²) in [6, 6.07) is 8.15. The first-order chi connectivity index (χ1) is 11.3. The zero-order valence-electron chi connectivity index (χ0n) is 13.8. The molecule has 1 aliphatic rings. The second-order valence-corrected chi connectivity index (χ2v) is 6.44. The summed E-state index contributed by atoms with van der Waals surface area (Å²) in [6.45, 7) is 4.94. The maximum atomic E-state index is 5.97. The third kappa shape index (κ3) is 3.79. The molecule has 2 aromatic rings. The van der Waals surface area contributed by atoms with Crippen molar-refractivity contribution in [2.24, 2.45) is 0 Å². The molecule has 0 N–H and O–H groups in total. The fourth-order valence-electron chi connectivity index (χ4n) is 2.76. The second-order valence-electron chi connectivity index (χ2n) is 5.92. The third-order valence-corrected chi connectivity index (χ3v) is 4.56. The molecule has 4 nitrogen and oxygen atoms in total. The minimum atomic E-state index is 0.742. The quantitative estimate of drug-likeness (QED) is 0.748. The molecule has 23 heavy (non-hydrogen) atoms. The van der Waals surface area contributed by atoms with Gasteiger partial charge in [0.05, 0.1) is 18.3 Å². The zero-order chi connectivity index (χ0) is 16.1. The molecular weight excluding hydrogens is 306 g/mol. The normalized spacial score (nSPS) is 15.5. The van der Waals surface area contributed by atoms with E-state index in [2.05, 4.69) is 39.8 Å². The summed E-state index contributed by atoms with van der Waals surface area (Å²) in [7, 11) is 2.15. The van der Waals surface area contributed by atoms with E-state index >= 15 is 0 Å². The lowest BCUT2D eigenvalue weighted by Gasteiger charge is -2.22. The number of hydrogen-bond acceptors (Lipinski definition) is 5. The predicted molar refractivity (Wildman–Crippen MR) is 95.8 cm³/mol. The first kappa shape index (κ1) is 16.1. The van der Waals surface area contributed by atoms with Crippen molar-refractivity contribution in [2.45, 2.75) is 26.2 Å². The van der Waals surface area contributed by atoms with Crippen LogP contribution in [0.1, 0.15) is 31.9 Å². The first-order valence-corrected chi connectivity index (χ1v) is 8.95. The van der Waals surface area contributed by atoms with E-state index in [0.29, 0.717) is 0 Å².